The third-order valence-corrected chi connectivity index (χ3v) is 6.00. The van der Waals surface area contributed by atoms with Crippen LogP contribution in [0.25, 0.3) is 0 Å². The average Bonchev–Trinajstić information content (AvgIpc) is 2.67. The van der Waals surface area contributed by atoms with Gasteiger partial charge in [0.15, 0.2) is 0 Å². The lowest BCUT2D eigenvalue weighted by atomic mass is 9.76. The molecule has 0 fully saturated rings. The van der Waals surface area contributed by atoms with Crippen molar-refractivity contribution >= 4 is 29.1 Å². The van der Waals surface area contributed by atoms with Crippen LogP contribution in [0.15, 0.2) is 36.4 Å². The molecule has 26 heavy (non-hydrogen) atoms. The van der Waals surface area contributed by atoms with Crippen LogP contribution in [0.4, 0.5) is 0 Å². The van der Waals surface area contributed by atoms with Crippen LogP contribution in [0.3, 0.4) is 0 Å². The Labute approximate surface area is 165 Å². The van der Waals surface area contributed by atoms with Crippen molar-refractivity contribution < 1.29 is 4.79 Å². The molecule has 0 aliphatic heterocycles. The maximum absolute atomic E-state index is 11.6. The largest absolute Gasteiger partial charge is 0.359 e. The van der Waals surface area contributed by atoms with Gasteiger partial charge in [0.05, 0.1) is 10.0 Å². The first-order valence-corrected chi connectivity index (χ1v) is 9.74. The van der Waals surface area contributed by atoms with Gasteiger partial charge in [-0.25, -0.2) is 0 Å². The minimum absolute atomic E-state index is 0.0665. The predicted molar refractivity (Wildman–Crippen MR) is 108 cm³/mol. The summed E-state index contributed by atoms with van der Waals surface area (Å²) in [5, 5.41) is 7.28. The molecule has 1 aliphatic rings. The second-order valence-electron chi connectivity index (χ2n) is 6.78. The van der Waals surface area contributed by atoms with E-state index in [2.05, 4.69) is 34.9 Å². The summed E-state index contributed by atoms with van der Waals surface area (Å²) in [7, 11) is 3.68. The third kappa shape index (κ3) is 4.06. The fraction of sp³-hybridized carbons (Fsp3) is 0.381. The Hall–Kier alpha value is -1.55. The van der Waals surface area contributed by atoms with Gasteiger partial charge in [-0.05, 0) is 60.7 Å². The number of nitrogens with one attached hydrogen (secondary N) is 2. The molecule has 1 amide bonds. The first kappa shape index (κ1) is 19.2. The maximum atomic E-state index is 11.6. The molecule has 0 radical (unpaired) electrons. The average molecular weight is 391 g/mol. The molecular weight excluding hydrogens is 367 g/mol. The molecule has 0 aromatic heterocycles. The van der Waals surface area contributed by atoms with E-state index < -0.39 is 0 Å². The summed E-state index contributed by atoms with van der Waals surface area (Å²) in [6.07, 6.45) is 3.37. The van der Waals surface area contributed by atoms with Gasteiger partial charge in [-0.3, -0.25) is 4.79 Å². The Kier molecular flexibility index (Phi) is 6.23. The summed E-state index contributed by atoms with van der Waals surface area (Å²) < 4.78 is 0. The van der Waals surface area contributed by atoms with Crippen LogP contribution >= 0.6 is 23.2 Å². The summed E-state index contributed by atoms with van der Waals surface area (Å²) in [5.74, 6) is 0.362. The Balaban J connectivity index is 1.96. The van der Waals surface area contributed by atoms with E-state index in [4.69, 9.17) is 23.2 Å². The van der Waals surface area contributed by atoms with Gasteiger partial charge in [0.2, 0.25) is 5.91 Å². The summed E-state index contributed by atoms with van der Waals surface area (Å²) in [6.45, 7) is 0. The predicted octanol–water partition coefficient (Wildman–Crippen LogP) is 4.86. The highest BCUT2D eigenvalue weighted by atomic mass is 35.5. The Morgan fingerprint density at radius 1 is 1.04 bits per heavy atom. The molecule has 3 rings (SSSR count). The van der Waals surface area contributed by atoms with E-state index in [-0.39, 0.29) is 5.91 Å². The van der Waals surface area contributed by atoms with Gasteiger partial charge in [-0.2, -0.15) is 0 Å². The lowest BCUT2D eigenvalue weighted by Crippen LogP contribution is -2.24. The minimum Gasteiger partial charge on any atom is -0.359 e. The Morgan fingerprint density at radius 2 is 1.85 bits per heavy atom. The zero-order valence-electron chi connectivity index (χ0n) is 15.1. The van der Waals surface area contributed by atoms with Crippen LogP contribution in [0.5, 0.6) is 0 Å². The van der Waals surface area contributed by atoms with E-state index in [0.717, 1.165) is 19.3 Å². The highest BCUT2D eigenvalue weighted by Gasteiger charge is 2.28. The molecular formula is C21H24Cl2N2O. The number of hydrogen-bond donors (Lipinski definition) is 2. The second-order valence-corrected chi connectivity index (χ2v) is 7.60. The molecule has 2 aromatic carbocycles. The SMILES string of the molecule is CNC(=O)CCc1ccc2c(c1)[C@H](c1ccc(Cl)c(Cl)c1)CC[C@@H]2NC. The van der Waals surface area contributed by atoms with Gasteiger partial charge in [0, 0.05) is 25.4 Å². The fourth-order valence-electron chi connectivity index (χ4n) is 3.80. The minimum atomic E-state index is 0.0665. The number of fused-ring (bicyclic) bond motifs is 1. The number of hydrogen-bond acceptors (Lipinski definition) is 2. The maximum Gasteiger partial charge on any atom is 0.220 e. The van der Waals surface area contributed by atoms with Crippen LogP contribution < -0.4 is 10.6 Å². The quantitative estimate of drug-likeness (QED) is 0.765. The molecule has 0 spiro atoms. The van der Waals surface area contributed by atoms with E-state index in [9.17, 15) is 4.79 Å². The molecule has 0 unspecified atom stereocenters. The zero-order valence-corrected chi connectivity index (χ0v) is 16.6. The number of carbonyl (C=O) groups excluding carboxylic acids is 1. The highest BCUT2D eigenvalue weighted by molar-refractivity contribution is 6.42. The molecule has 138 valence electrons. The molecule has 0 bridgehead atoms. The summed E-state index contributed by atoms with van der Waals surface area (Å²) in [6, 6.07) is 12.9. The number of rotatable bonds is 5. The molecule has 2 N–H and O–H groups in total. The van der Waals surface area contributed by atoms with Crippen LogP contribution in [0, 0.1) is 0 Å². The number of aryl methyl sites for hydroxylation is 1. The van der Waals surface area contributed by atoms with Crippen LogP contribution in [-0.2, 0) is 11.2 Å². The van der Waals surface area contributed by atoms with E-state index in [1.807, 2.05) is 19.2 Å². The normalized spacial score (nSPS) is 19.1. The van der Waals surface area contributed by atoms with Crippen molar-refractivity contribution in [2.75, 3.05) is 14.1 Å². The number of halogens is 2. The fourth-order valence-corrected chi connectivity index (χ4v) is 4.11. The molecule has 2 aromatic rings. The lowest BCUT2D eigenvalue weighted by Gasteiger charge is -2.32. The van der Waals surface area contributed by atoms with Crippen molar-refractivity contribution in [1.29, 1.82) is 0 Å². The first-order valence-electron chi connectivity index (χ1n) is 8.99. The van der Waals surface area contributed by atoms with E-state index in [1.165, 1.54) is 22.3 Å². The molecule has 0 heterocycles. The standard InChI is InChI=1S/C21H24Cl2N2O/c1-24-20-9-7-15(14-5-8-18(22)19(23)12-14)17-11-13(3-6-16(17)20)4-10-21(26)25-2/h3,5-6,8,11-12,15,20,24H,4,7,9-10H2,1-2H3,(H,25,26)/t15-,20-/m0/s1. The van der Waals surface area contributed by atoms with E-state index >= 15 is 0 Å². The van der Waals surface area contributed by atoms with Gasteiger partial charge in [0.25, 0.3) is 0 Å². The summed E-state index contributed by atoms with van der Waals surface area (Å²) >= 11 is 12.4. The highest BCUT2D eigenvalue weighted by Crippen LogP contribution is 2.42. The van der Waals surface area contributed by atoms with Crippen molar-refractivity contribution in [3.05, 3.63) is 68.7 Å². The second kappa shape index (κ2) is 8.43. The topological polar surface area (TPSA) is 41.1 Å². The van der Waals surface area contributed by atoms with Crippen molar-refractivity contribution in [3.8, 4) is 0 Å². The van der Waals surface area contributed by atoms with Crippen LogP contribution in [-0.4, -0.2) is 20.0 Å². The number of amides is 1. The van der Waals surface area contributed by atoms with Crippen LogP contribution in [0.1, 0.15) is 53.5 Å². The van der Waals surface area contributed by atoms with Gasteiger partial charge >= 0.3 is 0 Å². The molecule has 3 nitrogen and oxygen atoms in total. The van der Waals surface area contributed by atoms with Gasteiger partial charge in [-0.15, -0.1) is 0 Å². The molecule has 0 saturated heterocycles. The lowest BCUT2D eigenvalue weighted by molar-refractivity contribution is -0.120. The monoisotopic (exact) mass is 390 g/mol. The molecule has 0 saturated carbocycles. The molecule has 2 atom stereocenters. The summed E-state index contributed by atoms with van der Waals surface area (Å²) in [4.78, 5) is 11.6. The Morgan fingerprint density at radius 3 is 2.54 bits per heavy atom. The van der Waals surface area contributed by atoms with Crippen molar-refractivity contribution in [2.45, 2.75) is 37.6 Å². The molecule has 5 heteroatoms. The number of carbonyl (C=O) groups is 1. The third-order valence-electron chi connectivity index (χ3n) is 5.26. The van der Waals surface area contributed by atoms with Gasteiger partial charge in [-0.1, -0.05) is 47.5 Å². The van der Waals surface area contributed by atoms with Crippen molar-refractivity contribution in [1.82, 2.24) is 10.6 Å². The van der Waals surface area contributed by atoms with Gasteiger partial charge in [0.1, 0.15) is 0 Å². The van der Waals surface area contributed by atoms with Crippen LogP contribution in [0.2, 0.25) is 10.0 Å². The first-order chi connectivity index (χ1) is 12.5. The Bertz CT molecular complexity index is 807. The van der Waals surface area contributed by atoms with Crippen molar-refractivity contribution in [3.63, 3.8) is 0 Å². The van der Waals surface area contributed by atoms with E-state index in [0.29, 0.717) is 28.4 Å². The summed E-state index contributed by atoms with van der Waals surface area (Å²) in [5.41, 5.74) is 5.04. The van der Waals surface area contributed by atoms with Gasteiger partial charge < -0.3 is 10.6 Å². The van der Waals surface area contributed by atoms with E-state index in [1.54, 1.807) is 7.05 Å². The smallest absolute Gasteiger partial charge is 0.220 e. The molecule has 1 aliphatic carbocycles. The number of benzene rings is 2. The zero-order chi connectivity index (χ0) is 18.7. The van der Waals surface area contributed by atoms with Crippen molar-refractivity contribution in [2.24, 2.45) is 0 Å².